The molecular formula is C8H12N2OS. The molecule has 1 heterocycles. The maximum Gasteiger partial charge on any atom is 0.130 e. The molecule has 0 aliphatic heterocycles. The Morgan fingerprint density at radius 3 is 2.75 bits per heavy atom. The maximum absolute atomic E-state index is 10.7. The minimum atomic E-state index is 0.196. The number of nitrogens with zero attached hydrogens (tertiary/aromatic N) is 1. The number of carbonyl (C=O) groups is 1. The Morgan fingerprint density at radius 1 is 1.67 bits per heavy atom. The molecule has 0 spiro atoms. The van der Waals surface area contributed by atoms with Crippen LogP contribution in [0.5, 0.6) is 0 Å². The summed E-state index contributed by atoms with van der Waals surface area (Å²) in [6, 6.07) is 0. The summed E-state index contributed by atoms with van der Waals surface area (Å²) < 4.78 is 0. The Balaban J connectivity index is 2.58. The van der Waals surface area contributed by atoms with Crippen LogP contribution in [0, 0.1) is 6.92 Å². The number of hydrogen-bond acceptors (Lipinski definition) is 4. The third kappa shape index (κ3) is 2.30. The highest BCUT2D eigenvalue weighted by molar-refractivity contribution is 7.15. The van der Waals surface area contributed by atoms with Crippen molar-refractivity contribution in [3.8, 4) is 0 Å². The van der Waals surface area contributed by atoms with Crippen LogP contribution >= 0.6 is 11.3 Å². The summed E-state index contributed by atoms with van der Waals surface area (Å²) in [7, 11) is 0. The van der Waals surface area contributed by atoms with Crippen LogP contribution in [0.2, 0.25) is 0 Å². The van der Waals surface area contributed by atoms with Crippen molar-refractivity contribution in [2.75, 3.05) is 5.73 Å². The number of rotatable bonds is 3. The van der Waals surface area contributed by atoms with E-state index < -0.39 is 0 Å². The van der Waals surface area contributed by atoms with Gasteiger partial charge in [-0.2, -0.15) is 0 Å². The standard InChI is InChI=1S/C8H12N2OS/c1-5(11)3-4-7-10-6(2)8(9)12-7/h3-4,9H2,1-2H3. The van der Waals surface area contributed by atoms with E-state index >= 15 is 0 Å². The predicted octanol–water partition coefficient (Wildman–Crippen LogP) is 1.56. The van der Waals surface area contributed by atoms with Gasteiger partial charge in [-0.3, -0.25) is 0 Å². The normalized spacial score (nSPS) is 10.2. The van der Waals surface area contributed by atoms with Gasteiger partial charge in [0.15, 0.2) is 0 Å². The van der Waals surface area contributed by atoms with Crippen molar-refractivity contribution in [1.82, 2.24) is 4.98 Å². The van der Waals surface area contributed by atoms with E-state index in [9.17, 15) is 4.79 Å². The second kappa shape index (κ2) is 3.67. The molecule has 66 valence electrons. The van der Waals surface area contributed by atoms with Crippen LogP contribution in [-0.4, -0.2) is 10.8 Å². The van der Waals surface area contributed by atoms with E-state index in [1.54, 1.807) is 6.92 Å². The van der Waals surface area contributed by atoms with Gasteiger partial charge in [0.1, 0.15) is 10.8 Å². The number of thiazole rings is 1. The molecule has 1 aromatic rings. The van der Waals surface area contributed by atoms with Crippen molar-refractivity contribution < 1.29 is 4.79 Å². The fourth-order valence-electron chi connectivity index (χ4n) is 0.856. The molecule has 0 saturated heterocycles. The molecule has 1 aromatic heterocycles. The van der Waals surface area contributed by atoms with Gasteiger partial charge in [-0.1, -0.05) is 0 Å². The zero-order chi connectivity index (χ0) is 9.14. The van der Waals surface area contributed by atoms with Gasteiger partial charge in [0.05, 0.1) is 10.7 Å². The molecule has 0 unspecified atom stereocenters. The van der Waals surface area contributed by atoms with Crippen molar-refractivity contribution in [1.29, 1.82) is 0 Å². The molecule has 1 rings (SSSR count). The number of nitrogens with two attached hydrogens (primary N) is 1. The molecule has 0 bridgehead atoms. The van der Waals surface area contributed by atoms with Crippen molar-refractivity contribution >= 4 is 22.1 Å². The van der Waals surface area contributed by atoms with Crippen LogP contribution < -0.4 is 5.73 Å². The van der Waals surface area contributed by atoms with E-state index in [-0.39, 0.29) is 5.78 Å². The lowest BCUT2D eigenvalue weighted by Gasteiger charge is -1.89. The first-order valence-electron chi connectivity index (χ1n) is 3.81. The summed E-state index contributed by atoms with van der Waals surface area (Å²) in [5, 5.41) is 1.72. The number of anilines is 1. The lowest BCUT2D eigenvalue weighted by atomic mass is 10.2. The second-order valence-electron chi connectivity index (χ2n) is 2.76. The Hall–Kier alpha value is -0.900. The Labute approximate surface area is 75.6 Å². The highest BCUT2D eigenvalue weighted by Gasteiger charge is 2.04. The largest absolute Gasteiger partial charge is 0.389 e. The number of ketones is 1. The summed E-state index contributed by atoms with van der Waals surface area (Å²) >= 11 is 1.47. The van der Waals surface area contributed by atoms with Gasteiger partial charge >= 0.3 is 0 Å². The van der Waals surface area contributed by atoms with Crippen molar-refractivity contribution in [3.05, 3.63) is 10.7 Å². The molecule has 0 radical (unpaired) electrons. The van der Waals surface area contributed by atoms with Gasteiger partial charge < -0.3 is 10.5 Å². The summed E-state index contributed by atoms with van der Waals surface area (Å²) in [4.78, 5) is 14.9. The minimum Gasteiger partial charge on any atom is -0.389 e. The number of carbonyl (C=O) groups excluding carboxylic acids is 1. The number of aromatic nitrogens is 1. The monoisotopic (exact) mass is 184 g/mol. The van der Waals surface area contributed by atoms with Gasteiger partial charge in [0, 0.05) is 12.8 Å². The highest BCUT2D eigenvalue weighted by Crippen LogP contribution is 2.20. The lowest BCUT2D eigenvalue weighted by molar-refractivity contribution is -0.116. The molecule has 3 nitrogen and oxygen atoms in total. The van der Waals surface area contributed by atoms with E-state index in [2.05, 4.69) is 4.98 Å². The van der Waals surface area contributed by atoms with E-state index in [1.807, 2.05) is 6.92 Å². The van der Waals surface area contributed by atoms with E-state index in [1.165, 1.54) is 11.3 Å². The Kier molecular flexibility index (Phi) is 2.81. The van der Waals surface area contributed by atoms with Gasteiger partial charge in [-0.25, -0.2) is 4.98 Å². The second-order valence-corrected chi connectivity index (χ2v) is 3.87. The average Bonchev–Trinajstić information content (AvgIpc) is 2.28. The molecule has 0 fully saturated rings. The number of nitrogen functional groups attached to an aromatic ring is 1. The van der Waals surface area contributed by atoms with Crippen molar-refractivity contribution in [3.63, 3.8) is 0 Å². The summed E-state index contributed by atoms with van der Waals surface area (Å²) in [5.41, 5.74) is 6.49. The zero-order valence-corrected chi connectivity index (χ0v) is 8.07. The summed E-state index contributed by atoms with van der Waals surface area (Å²) in [6.07, 6.45) is 1.28. The first-order valence-corrected chi connectivity index (χ1v) is 4.62. The van der Waals surface area contributed by atoms with Crippen LogP contribution in [0.3, 0.4) is 0 Å². The van der Waals surface area contributed by atoms with Crippen LogP contribution in [0.15, 0.2) is 0 Å². The predicted molar refractivity (Wildman–Crippen MR) is 50.3 cm³/mol. The van der Waals surface area contributed by atoms with E-state index in [0.717, 1.165) is 22.1 Å². The molecule has 0 atom stereocenters. The molecular weight excluding hydrogens is 172 g/mol. The smallest absolute Gasteiger partial charge is 0.130 e. The van der Waals surface area contributed by atoms with Crippen molar-refractivity contribution in [2.45, 2.75) is 26.7 Å². The highest BCUT2D eigenvalue weighted by atomic mass is 32.1. The average molecular weight is 184 g/mol. The minimum absolute atomic E-state index is 0.196. The van der Waals surface area contributed by atoms with Crippen LogP contribution in [0.1, 0.15) is 24.0 Å². The van der Waals surface area contributed by atoms with Gasteiger partial charge in [0.25, 0.3) is 0 Å². The Morgan fingerprint density at radius 2 is 2.33 bits per heavy atom. The summed E-state index contributed by atoms with van der Waals surface area (Å²) in [6.45, 7) is 3.47. The maximum atomic E-state index is 10.7. The van der Waals surface area contributed by atoms with Crippen molar-refractivity contribution in [2.24, 2.45) is 0 Å². The fourth-order valence-corrected chi connectivity index (χ4v) is 1.69. The quantitative estimate of drug-likeness (QED) is 0.775. The number of aryl methyl sites for hydroxylation is 2. The molecule has 12 heavy (non-hydrogen) atoms. The molecule has 2 N–H and O–H groups in total. The topological polar surface area (TPSA) is 56.0 Å². The Bertz CT molecular complexity index is 274. The fraction of sp³-hybridized carbons (Fsp3) is 0.500. The molecule has 0 amide bonds. The molecule has 4 heteroatoms. The third-order valence-corrected chi connectivity index (χ3v) is 2.61. The van der Waals surface area contributed by atoms with Crippen LogP contribution in [0.4, 0.5) is 5.00 Å². The van der Waals surface area contributed by atoms with Gasteiger partial charge in [0.2, 0.25) is 0 Å². The first kappa shape index (κ1) is 9.19. The number of Topliss-reactive ketones (excluding diaryl/α,β-unsaturated/α-hetero) is 1. The molecule has 0 aliphatic carbocycles. The first-order chi connectivity index (χ1) is 5.59. The van der Waals surface area contributed by atoms with Crippen LogP contribution in [0.25, 0.3) is 0 Å². The van der Waals surface area contributed by atoms with Gasteiger partial charge in [-0.05, 0) is 13.8 Å². The summed E-state index contributed by atoms with van der Waals surface area (Å²) in [5.74, 6) is 0.196. The molecule has 0 aliphatic rings. The lowest BCUT2D eigenvalue weighted by Crippen LogP contribution is -1.93. The SMILES string of the molecule is CC(=O)CCc1nc(C)c(N)s1. The van der Waals surface area contributed by atoms with E-state index in [0.29, 0.717) is 6.42 Å². The zero-order valence-electron chi connectivity index (χ0n) is 7.26. The molecule has 0 aromatic carbocycles. The van der Waals surface area contributed by atoms with Crippen LogP contribution in [-0.2, 0) is 11.2 Å². The van der Waals surface area contributed by atoms with E-state index in [4.69, 9.17) is 5.73 Å². The van der Waals surface area contributed by atoms with Gasteiger partial charge in [-0.15, -0.1) is 11.3 Å². The number of hydrogen-bond donors (Lipinski definition) is 1. The molecule has 0 saturated carbocycles. The third-order valence-electron chi connectivity index (χ3n) is 1.57.